The van der Waals surface area contributed by atoms with E-state index in [1.54, 1.807) is 7.11 Å². The van der Waals surface area contributed by atoms with Gasteiger partial charge in [-0.1, -0.05) is 53.7 Å². The number of rotatable bonds is 9. The second kappa shape index (κ2) is 10.9. The van der Waals surface area contributed by atoms with E-state index in [4.69, 9.17) is 14.0 Å². The van der Waals surface area contributed by atoms with Gasteiger partial charge >= 0.3 is 5.97 Å². The van der Waals surface area contributed by atoms with E-state index in [-0.39, 0.29) is 13.2 Å². The Morgan fingerprint density at radius 3 is 2.56 bits per heavy atom. The van der Waals surface area contributed by atoms with E-state index < -0.39 is 5.97 Å². The van der Waals surface area contributed by atoms with Gasteiger partial charge in [0.2, 0.25) is 5.82 Å². The van der Waals surface area contributed by atoms with Crippen molar-refractivity contribution in [3.63, 3.8) is 0 Å². The fraction of sp³-hybridized carbons (Fsp3) is 0.222. The van der Waals surface area contributed by atoms with Gasteiger partial charge in [0.25, 0.3) is 5.89 Å². The van der Waals surface area contributed by atoms with Crippen molar-refractivity contribution in [3.8, 4) is 34.0 Å². The predicted molar refractivity (Wildman–Crippen MR) is 128 cm³/mol. The molecule has 7 heteroatoms. The highest BCUT2D eigenvalue weighted by atomic mass is 16.6. The first-order valence-corrected chi connectivity index (χ1v) is 10.8. The van der Waals surface area contributed by atoms with Gasteiger partial charge < -0.3 is 18.7 Å². The highest BCUT2D eigenvalue weighted by molar-refractivity contribution is 5.74. The zero-order valence-electron chi connectivity index (χ0n) is 19.4. The van der Waals surface area contributed by atoms with Crippen molar-refractivity contribution >= 4 is 5.97 Å². The van der Waals surface area contributed by atoms with Gasteiger partial charge in [0.15, 0.2) is 0 Å². The Morgan fingerprint density at radius 1 is 0.912 bits per heavy atom. The summed E-state index contributed by atoms with van der Waals surface area (Å²) < 4.78 is 21.0. The number of hydrogen-bond donors (Lipinski definition) is 0. The number of esters is 1. The van der Waals surface area contributed by atoms with Gasteiger partial charge in [0.05, 0.1) is 20.3 Å². The molecule has 0 spiro atoms. The number of ether oxygens (including phenoxy) is 3. The number of aromatic nitrogens is 2. The third-order valence-electron chi connectivity index (χ3n) is 5.41. The Labute approximate surface area is 198 Å². The molecule has 3 aromatic carbocycles. The third-order valence-corrected chi connectivity index (χ3v) is 5.41. The Bertz CT molecular complexity index is 1280. The first-order chi connectivity index (χ1) is 16.6. The molecule has 7 nitrogen and oxygen atoms in total. The molecule has 0 aliphatic carbocycles. The van der Waals surface area contributed by atoms with E-state index in [1.807, 2.05) is 48.5 Å². The molecule has 1 heterocycles. The van der Waals surface area contributed by atoms with Crippen molar-refractivity contribution < 1.29 is 23.5 Å². The van der Waals surface area contributed by atoms with Gasteiger partial charge in [-0.05, 0) is 52.9 Å². The average molecular weight is 459 g/mol. The lowest BCUT2D eigenvalue weighted by atomic mass is 9.94. The lowest BCUT2D eigenvalue weighted by Gasteiger charge is -2.12. The quantitative estimate of drug-likeness (QED) is 0.318. The topological polar surface area (TPSA) is 83.7 Å². The van der Waals surface area contributed by atoms with Gasteiger partial charge in [0.1, 0.15) is 6.61 Å². The molecule has 0 bridgehead atoms. The van der Waals surface area contributed by atoms with E-state index in [0.717, 1.165) is 27.8 Å². The van der Waals surface area contributed by atoms with E-state index in [2.05, 4.69) is 40.0 Å². The minimum absolute atomic E-state index is 0.102. The van der Waals surface area contributed by atoms with Crippen LogP contribution < -0.4 is 0 Å². The van der Waals surface area contributed by atoms with Crippen LogP contribution in [0.4, 0.5) is 0 Å². The minimum atomic E-state index is -0.416. The number of benzene rings is 3. The van der Waals surface area contributed by atoms with Gasteiger partial charge in [-0.3, -0.25) is 0 Å². The number of methoxy groups -OCH3 is 2. The molecular weight excluding hydrogens is 432 g/mol. The summed E-state index contributed by atoms with van der Waals surface area (Å²) in [6.45, 7) is 2.73. The Balaban J connectivity index is 1.57. The molecular formula is C27H26N2O5. The standard InChI is InChI=1S/C27H26N2O5/c1-18-7-4-5-10-23(18)24-12-11-21(14-22(24)16-31-2)27-28-26(29-34-27)20-9-6-8-19(13-20)15-33-17-25(30)32-3/h4-14H,15-17H2,1-3H3. The molecule has 0 atom stereocenters. The number of nitrogens with zero attached hydrogens (tertiary/aromatic N) is 2. The zero-order chi connectivity index (χ0) is 23.9. The normalized spacial score (nSPS) is 10.9. The predicted octanol–water partition coefficient (Wildman–Crippen LogP) is 5.22. The molecule has 0 saturated heterocycles. The van der Waals surface area contributed by atoms with Crippen LogP contribution in [0.3, 0.4) is 0 Å². The maximum Gasteiger partial charge on any atom is 0.331 e. The Kier molecular flexibility index (Phi) is 7.47. The monoisotopic (exact) mass is 458 g/mol. The summed E-state index contributed by atoms with van der Waals surface area (Å²) in [4.78, 5) is 15.8. The maximum absolute atomic E-state index is 11.2. The third kappa shape index (κ3) is 5.39. The first-order valence-electron chi connectivity index (χ1n) is 10.8. The van der Waals surface area contributed by atoms with Crippen LogP contribution in [0.5, 0.6) is 0 Å². The summed E-state index contributed by atoms with van der Waals surface area (Å²) in [6.07, 6.45) is 0. The number of carbonyl (C=O) groups is 1. The number of carbonyl (C=O) groups excluding carboxylic acids is 1. The molecule has 0 N–H and O–H groups in total. The maximum atomic E-state index is 11.2. The molecule has 0 fully saturated rings. The first kappa shape index (κ1) is 23.4. The number of hydrogen-bond acceptors (Lipinski definition) is 7. The Hall–Kier alpha value is -3.81. The van der Waals surface area contributed by atoms with E-state index in [0.29, 0.717) is 18.3 Å². The van der Waals surface area contributed by atoms with Crippen LogP contribution in [0.15, 0.2) is 71.3 Å². The average Bonchev–Trinajstić information content (AvgIpc) is 3.35. The molecule has 0 unspecified atom stereocenters. The summed E-state index contributed by atoms with van der Waals surface area (Å²) in [6, 6.07) is 21.9. The van der Waals surface area contributed by atoms with Crippen molar-refractivity contribution in [1.29, 1.82) is 0 Å². The van der Waals surface area contributed by atoms with Gasteiger partial charge in [-0.15, -0.1) is 0 Å². The molecule has 34 heavy (non-hydrogen) atoms. The van der Waals surface area contributed by atoms with Gasteiger partial charge in [-0.25, -0.2) is 4.79 Å². The fourth-order valence-corrected chi connectivity index (χ4v) is 3.71. The summed E-state index contributed by atoms with van der Waals surface area (Å²) in [5, 5.41) is 4.16. The van der Waals surface area contributed by atoms with E-state index in [9.17, 15) is 4.79 Å². The molecule has 0 saturated carbocycles. The Morgan fingerprint density at radius 2 is 1.76 bits per heavy atom. The molecule has 0 amide bonds. The van der Waals surface area contributed by atoms with E-state index >= 15 is 0 Å². The highest BCUT2D eigenvalue weighted by Crippen LogP contribution is 2.31. The van der Waals surface area contributed by atoms with Crippen molar-refractivity contribution in [1.82, 2.24) is 10.1 Å². The summed E-state index contributed by atoms with van der Waals surface area (Å²) in [7, 11) is 3.01. The van der Waals surface area contributed by atoms with Crippen LogP contribution in [0.25, 0.3) is 34.0 Å². The van der Waals surface area contributed by atoms with Crippen LogP contribution in [0.1, 0.15) is 16.7 Å². The largest absolute Gasteiger partial charge is 0.467 e. The molecule has 0 radical (unpaired) electrons. The second-order valence-electron chi connectivity index (χ2n) is 7.81. The summed E-state index contributed by atoms with van der Waals surface area (Å²) in [5.74, 6) is 0.484. The van der Waals surface area contributed by atoms with Crippen LogP contribution in [0.2, 0.25) is 0 Å². The molecule has 1 aromatic heterocycles. The minimum Gasteiger partial charge on any atom is -0.467 e. The van der Waals surface area contributed by atoms with Gasteiger partial charge in [-0.2, -0.15) is 4.98 Å². The summed E-state index contributed by atoms with van der Waals surface area (Å²) in [5.41, 5.74) is 7.02. The molecule has 0 aliphatic rings. The lowest BCUT2D eigenvalue weighted by molar-refractivity contribution is -0.146. The van der Waals surface area contributed by atoms with Crippen molar-refractivity contribution in [2.45, 2.75) is 20.1 Å². The van der Waals surface area contributed by atoms with Crippen molar-refractivity contribution in [2.24, 2.45) is 0 Å². The fourth-order valence-electron chi connectivity index (χ4n) is 3.71. The van der Waals surface area contributed by atoms with Crippen LogP contribution in [-0.4, -0.2) is 36.9 Å². The molecule has 0 aliphatic heterocycles. The highest BCUT2D eigenvalue weighted by Gasteiger charge is 2.15. The number of aryl methyl sites for hydroxylation is 1. The zero-order valence-corrected chi connectivity index (χ0v) is 19.4. The molecule has 174 valence electrons. The second-order valence-corrected chi connectivity index (χ2v) is 7.81. The van der Waals surface area contributed by atoms with Crippen LogP contribution in [-0.2, 0) is 32.2 Å². The van der Waals surface area contributed by atoms with Crippen molar-refractivity contribution in [2.75, 3.05) is 20.8 Å². The lowest BCUT2D eigenvalue weighted by Crippen LogP contribution is -2.09. The molecule has 4 rings (SSSR count). The SMILES string of the molecule is COCc1cc(-c2nc(-c3cccc(COCC(=O)OC)c3)no2)ccc1-c1ccccc1C. The van der Waals surface area contributed by atoms with E-state index in [1.165, 1.54) is 18.2 Å². The smallest absolute Gasteiger partial charge is 0.331 e. The molecule has 4 aromatic rings. The van der Waals surface area contributed by atoms with Crippen LogP contribution >= 0.6 is 0 Å². The van der Waals surface area contributed by atoms with Gasteiger partial charge in [0, 0.05) is 18.2 Å². The summed E-state index contributed by atoms with van der Waals surface area (Å²) >= 11 is 0. The van der Waals surface area contributed by atoms with Crippen molar-refractivity contribution in [3.05, 3.63) is 83.4 Å². The van der Waals surface area contributed by atoms with Crippen LogP contribution in [0, 0.1) is 6.92 Å².